The fourth-order valence-electron chi connectivity index (χ4n) is 3.89. The molecule has 0 bridgehead atoms. The molecule has 0 fully saturated rings. The average molecular weight is 420 g/mol. The predicted molar refractivity (Wildman–Crippen MR) is 118 cm³/mol. The highest BCUT2D eigenvalue weighted by Gasteiger charge is 2.18. The molecule has 1 N–H and O–H groups in total. The zero-order valence-electron chi connectivity index (χ0n) is 19.3. The summed E-state index contributed by atoms with van der Waals surface area (Å²) in [6.45, 7) is 3.50. The van der Waals surface area contributed by atoms with Gasteiger partial charge in [0.25, 0.3) is 0 Å². The average Bonchev–Trinajstić information content (AvgIpc) is 2.59. The minimum Gasteiger partial charge on any atom is -1.00 e. The molecule has 0 aromatic heterocycles. The van der Waals surface area contributed by atoms with Crippen molar-refractivity contribution in [1.82, 2.24) is 0 Å². The number of nitrogens with zero attached hydrogens (tertiary/aromatic N) is 1. The van der Waals surface area contributed by atoms with Crippen molar-refractivity contribution >= 4 is 5.97 Å². The molecule has 0 heterocycles. The lowest BCUT2D eigenvalue weighted by Crippen LogP contribution is -3.00. The Morgan fingerprint density at radius 3 is 1.18 bits per heavy atom. The van der Waals surface area contributed by atoms with Gasteiger partial charge < -0.3 is 22.0 Å². The van der Waals surface area contributed by atoms with Crippen LogP contribution >= 0.6 is 0 Å². The molecule has 0 saturated heterocycles. The molecule has 0 aliphatic carbocycles. The highest BCUT2D eigenvalue weighted by atomic mass is 35.5. The number of hydrogen-bond acceptors (Lipinski definition) is 1. The molecule has 0 aromatic carbocycles. The van der Waals surface area contributed by atoms with Gasteiger partial charge in [-0.05, 0) is 12.8 Å². The second kappa shape index (κ2) is 21.4. The smallest absolute Gasteiger partial charge is 0.359 e. The predicted octanol–water partition coefficient (Wildman–Crippen LogP) is 4.19. The molecule has 170 valence electrons. The molecule has 0 aliphatic heterocycles. The van der Waals surface area contributed by atoms with Crippen molar-refractivity contribution < 1.29 is 26.8 Å². The Kier molecular flexibility index (Phi) is 22.9. The van der Waals surface area contributed by atoms with Crippen LogP contribution in [0.4, 0.5) is 0 Å². The van der Waals surface area contributed by atoms with Crippen molar-refractivity contribution in [3.63, 3.8) is 0 Å². The van der Waals surface area contributed by atoms with Crippen molar-refractivity contribution in [3.05, 3.63) is 0 Å². The lowest BCUT2D eigenvalue weighted by atomic mass is 10.0. The number of unbranched alkanes of at least 4 members (excludes halogenated alkanes) is 17. The Morgan fingerprint density at radius 2 is 0.893 bits per heavy atom. The third-order valence-corrected chi connectivity index (χ3v) is 5.68. The number of quaternary nitrogens is 1. The third kappa shape index (κ3) is 23.8. The van der Waals surface area contributed by atoms with Gasteiger partial charge in [-0.25, -0.2) is 4.79 Å². The number of halogens is 1. The fourth-order valence-corrected chi connectivity index (χ4v) is 3.89. The van der Waals surface area contributed by atoms with E-state index in [9.17, 15) is 4.79 Å². The van der Waals surface area contributed by atoms with Crippen LogP contribution in [0.3, 0.4) is 0 Å². The summed E-state index contributed by atoms with van der Waals surface area (Å²) in [7, 11) is 4.03. The van der Waals surface area contributed by atoms with Gasteiger partial charge in [-0.2, -0.15) is 0 Å². The summed E-state index contributed by atoms with van der Waals surface area (Å²) >= 11 is 0. The normalized spacial score (nSPS) is 11.4. The van der Waals surface area contributed by atoms with Gasteiger partial charge in [-0.3, -0.25) is 0 Å². The molecule has 0 aromatic rings. The number of aliphatic carboxylic acids is 1. The first kappa shape index (κ1) is 29.9. The van der Waals surface area contributed by atoms with Crippen molar-refractivity contribution in [3.8, 4) is 0 Å². The Bertz CT molecular complexity index is 335. The van der Waals surface area contributed by atoms with E-state index in [0.29, 0.717) is 4.48 Å². The van der Waals surface area contributed by atoms with E-state index in [0.717, 1.165) is 13.0 Å². The first-order valence-corrected chi connectivity index (χ1v) is 12.0. The second-order valence-electron chi connectivity index (χ2n) is 9.22. The minimum atomic E-state index is -0.692. The largest absolute Gasteiger partial charge is 1.00 e. The molecule has 0 spiro atoms. The van der Waals surface area contributed by atoms with Gasteiger partial charge in [0.15, 0.2) is 6.54 Å². The Morgan fingerprint density at radius 1 is 0.607 bits per heavy atom. The number of carboxylic acid groups (broad SMARTS) is 1. The Balaban J connectivity index is 0. The summed E-state index contributed by atoms with van der Waals surface area (Å²) in [5, 5.41) is 8.88. The summed E-state index contributed by atoms with van der Waals surface area (Å²) in [5.74, 6) is -0.692. The number of carboxylic acids is 1. The number of carbonyl (C=O) groups is 1. The van der Waals surface area contributed by atoms with Gasteiger partial charge in [0.2, 0.25) is 0 Å². The highest BCUT2D eigenvalue weighted by molar-refractivity contribution is 5.67. The van der Waals surface area contributed by atoms with Crippen LogP contribution in [0.1, 0.15) is 122 Å². The topological polar surface area (TPSA) is 37.3 Å². The molecule has 0 saturated carbocycles. The zero-order valence-corrected chi connectivity index (χ0v) is 20.1. The molecule has 0 radical (unpaired) electrons. The third-order valence-electron chi connectivity index (χ3n) is 5.68. The molecular formula is C24H50ClNO2. The van der Waals surface area contributed by atoms with E-state index in [-0.39, 0.29) is 19.0 Å². The summed E-state index contributed by atoms with van der Waals surface area (Å²) in [4.78, 5) is 10.8. The first-order chi connectivity index (χ1) is 13.0. The molecule has 4 heteroatoms. The SMILES string of the molecule is CCCCCCCCCCCCCCCCCCCC[N+](C)(C)CC(=O)O.[Cl-]. The maximum absolute atomic E-state index is 10.8. The lowest BCUT2D eigenvalue weighted by Gasteiger charge is -2.27. The van der Waals surface area contributed by atoms with Crippen LogP contribution in [0.25, 0.3) is 0 Å². The van der Waals surface area contributed by atoms with E-state index in [4.69, 9.17) is 5.11 Å². The van der Waals surface area contributed by atoms with E-state index in [1.54, 1.807) is 0 Å². The van der Waals surface area contributed by atoms with E-state index in [2.05, 4.69) is 6.92 Å². The van der Waals surface area contributed by atoms with E-state index in [1.165, 1.54) is 109 Å². The minimum absolute atomic E-state index is 0. The standard InChI is InChI=1S/C24H49NO2.ClH/c1-4-5-6-7-8-9-10-11-12-13-14-15-16-17-18-19-20-21-22-25(2,3)23-24(26)27;/h4-23H2,1-3H3;1H. The summed E-state index contributed by atoms with van der Waals surface area (Å²) < 4.78 is 0.605. The zero-order chi connectivity index (χ0) is 20.2. The van der Waals surface area contributed by atoms with Crippen molar-refractivity contribution in [2.75, 3.05) is 27.2 Å². The second-order valence-corrected chi connectivity index (χ2v) is 9.22. The maximum atomic E-state index is 10.8. The van der Waals surface area contributed by atoms with Crippen LogP contribution < -0.4 is 12.4 Å². The van der Waals surface area contributed by atoms with Crippen LogP contribution in [-0.2, 0) is 4.79 Å². The van der Waals surface area contributed by atoms with Gasteiger partial charge in [0.1, 0.15) is 0 Å². The highest BCUT2D eigenvalue weighted by Crippen LogP contribution is 2.14. The Labute approximate surface area is 182 Å². The van der Waals surface area contributed by atoms with Gasteiger partial charge >= 0.3 is 5.97 Å². The van der Waals surface area contributed by atoms with E-state index in [1.807, 2.05) is 14.1 Å². The fraction of sp³-hybridized carbons (Fsp3) is 0.958. The summed E-state index contributed by atoms with van der Waals surface area (Å²) in [6.07, 6.45) is 25.0. The van der Waals surface area contributed by atoms with Gasteiger partial charge in [-0.15, -0.1) is 0 Å². The van der Waals surface area contributed by atoms with Gasteiger partial charge in [-0.1, -0.05) is 110 Å². The molecule has 0 rings (SSSR count). The molecule has 0 unspecified atom stereocenters. The van der Waals surface area contributed by atoms with Crippen LogP contribution in [0, 0.1) is 0 Å². The van der Waals surface area contributed by atoms with Crippen molar-refractivity contribution in [2.45, 2.75) is 122 Å². The molecule has 28 heavy (non-hydrogen) atoms. The van der Waals surface area contributed by atoms with Crippen LogP contribution in [0.2, 0.25) is 0 Å². The summed E-state index contributed by atoms with van der Waals surface area (Å²) in [5.41, 5.74) is 0. The summed E-state index contributed by atoms with van der Waals surface area (Å²) in [6, 6.07) is 0. The Hall–Kier alpha value is -0.280. The maximum Gasteiger partial charge on any atom is 0.359 e. The first-order valence-electron chi connectivity index (χ1n) is 12.0. The molecule has 0 amide bonds. The number of likely N-dealkylation sites (N-methyl/N-ethyl adjacent to an activating group) is 1. The molecular weight excluding hydrogens is 370 g/mol. The number of rotatable bonds is 21. The molecule has 0 aliphatic rings. The lowest BCUT2D eigenvalue weighted by molar-refractivity contribution is -0.883. The van der Waals surface area contributed by atoms with Gasteiger partial charge in [0, 0.05) is 0 Å². The van der Waals surface area contributed by atoms with Crippen LogP contribution in [0.5, 0.6) is 0 Å². The van der Waals surface area contributed by atoms with Crippen molar-refractivity contribution in [2.24, 2.45) is 0 Å². The quantitative estimate of drug-likeness (QED) is 0.223. The monoisotopic (exact) mass is 419 g/mol. The van der Waals surface area contributed by atoms with E-state index < -0.39 is 5.97 Å². The number of hydrogen-bond donors (Lipinski definition) is 1. The van der Waals surface area contributed by atoms with E-state index >= 15 is 0 Å². The van der Waals surface area contributed by atoms with Crippen LogP contribution in [0.15, 0.2) is 0 Å². The van der Waals surface area contributed by atoms with Gasteiger partial charge in [0.05, 0.1) is 20.6 Å². The van der Waals surface area contributed by atoms with Crippen molar-refractivity contribution in [1.29, 1.82) is 0 Å². The molecule has 0 atom stereocenters. The van der Waals surface area contributed by atoms with Crippen LogP contribution in [-0.4, -0.2) is 42.7 Å². The molecule has 3 nitrogen and oxygen atoms in total.